The third kappa shape index (κ3) is 2.11. The zero-order chi connectivity index (χ0) is 10.8. The first-order valence-electron chi connectivity index (χ1n) is 5.68. The quantitative estimate of drug-likeness (QED) is 0.636. The third-order valence-corrected chi connectivity index (χ3v) is 3.21. The zero-order valence-corrected chi connectivity index (χ0v) is 9.49. The molecule has 0 saturated heterocycles. The monoisotopic (exact) mass is 206 g/mol. The van der Waals surface area contributed by atoms with Crippen molar-refractivity contribution in [3.8, 4) is 0 Å². The number of carbonyl (C=O) groups is 1. The van der Waals surface area contributed by atoms with Gasteiger partial charge in [-0.05, 0) is 24.3 Å². The lowest BCUT2D eigenvalue weighted by molar-refractivity contribution is -0.118. The van der Waals surface area contributed by atoms with Crippen LogP contribution in [0.2, 0.25) is 0 Å². The highest BCUT2D eigenvalue weighted by atomic mass is 16.1. The van der Waals surface area contributed by atoms with Gasteiger partial charge in [-0.2, -0.15) is 0 Å². The van der Waals surface area contributed by atoms with Crippen molar-refractivity contribution in [1.29, 1.82) is 0 Å². The summed E-state index contributed by atoms with van der Waals surface area (Å²) in [6, 6.07) is 0. The van der Waals surface area contributed by atoms with E-state index in [2.05, 4.69) is 13.8 Å². The first-order valence-corrected chi connectivity index (χ1v) is 5.68. The van der Waals surface area contributed by atoms with Crippen LogP contribution in [0.5, 0.6) is 0 Å². The molecule has 0 N–H and O–H groups in total. The van der Waals surface area contributed by atoms with Crippen molar-refractivity contribution < 1.29 is 4.79 Å². The maximum Gasteiger partial charge on any atom is 0.210 e. The summed E-state index contributed by atoms with van der Waals surface area (Å²) in [6.45, 7) is 6.03. The molecule has 0 radical (unpaired) electrons. The summed E-state index contributed by atoms with van der Waals surface area (Å²) < 4.78 is 0. The summed E-state index contributed by atoms with van der Waals surface area (Å²) >= 11 is 0. The predicted octanol–water partition coefficient (Wildman–Crippen LogP) is 1.99. The molecule has 82 valence electrons. The van der Waals surface area contributed by atoms with Gasteiger partial charge in [0.05, 0.1) is 0 Å². The molecule has 2 heterocycles. The first kappa shape index (κ1) is 10.4. The van der Waals surface area contributed by atoms with Gasteiger partial charge >= 0.3 is 0 Å². The van der Waals surface area contributed by atoms with E-state index in [0.29, 0.717) is 5.92 Å². The first-order chi connectivity index (χ1) is 7.20. The van der Waals surface area contributed by atoms with Gasteiger partial charge in [-0.1, -0.05) is 13.8 Å². The van der Waals surface area contributed by atoms with E-state index in [0.717, 1.165) is 38.8 Å². The van der Waals surface area contributed by atoms with E-state index in [4.69, 9.17) is 4.99 Å². The summed E-state index contributed by atoms with van der Waals surface area (Å²) in [7, 11) is 0. The number of carbonyl (C=O) groups excluding carboxylic acids is 1. The predicted molar refractivity (Wildman–Crippen MR) is 60.8 cm³/mol. The summed E-state index contributed by atoms with van der Waals surface area (Å²) in [5.74, 6) is 0.558. The molecule has 0 aromatic rings. The van der Waals surface area contributed by atoms with E-state index in [1.807, 2.05) is 4.90 Å². The smallest absolute Gasteiger partial charge is 0.210 e. The average Bonchev–Trinajstić information content (AvgIpc) is 2.27. The Morgan fingerprint density at radius 2 is 2.13 bits per heavy atom. The number of rotatable bonds is 2. The highest BCUT2D eigenvalue weighted by Gasteiger charge is 2.22. The molecule has 0 spiro atoms. The Hall–Kier alpha value is -1.12. The fourth-order valence-corrected chi connectivity index (χ4v) is 2.22. The van der Waals surface area contributed by atoms with Gasteiger partial charge in [0.15, 0.2) is 0 Å². The molecule has 0 fully saturated rings. The minimum Gasteiger partial charge on any atom is -0.341 e. The Bertz CT molecular complexity index is 329. The molecule has 3 heteroatoms. The Morgan fingerprint density at radius 3 is 2.80 bits per heavy atom. The van der Waals surface area contributed by atoms with E-state index in [1.54, 1.807) is 0 Å². The molecule has 3 nitrogen and oxygen atoms in total. The molecule has 15 heavy (non-hydrogen) atoms. The van der Waals surface area contributed by atoms with Crippen LogP contribution in [-0.2, 0) is 4.79 Å². The van der Waals surface area contributed by atoms with Gasteiger partial charge in [0, 0.05) is 30.9 Å². The van der Waals surface area contributed by atoms with Crippen molar-refractivity contribution >= 4 is 12.1 Å². The van der Waals surface area contributed by atoms with Gasteiger partial charge in [-0.3, -0.25) is 9.79 Å². The van der Waals surface area contributed by atoms with Crippen LogP contribution in [0.15, 0.2) is 16.3 Å². The fraction of sp³-hybridized carbons (Fsp3) is 0.667. The molecule has 0 atom stereocenters. The third-order valence-electron chi connectivity index (χ3n) is 3.21. The lowest BCUT2D eigenvalue weighted by Crippen LogP contribution is -2.32. The molecule has 0 aromatic heterocycles. The van der Waals surface area contributed by atoms with Crippen molar-refractivity contribution in [1.82, 2.24) is 4.90 Å². The van der Waals surface area contributed by atoms with Crippen molar-refractivity contribution in [2.75, 3.05) is 13.1 Å². The molecule has 2 aliphatic heterocycles. The van der Waals surface area contributed by atoms with E-state index in [1.165, 1.54) is 17.0 Å². The number of amides is 1. The number of hydrogen-bond acceptors (Lipinski definition) is 2. The standard InChI is InChI=1S/C12H18N2O/c1-9(2)11-4-3-10-7-14(8-15)6-5-12(10)13-11/h8-9H,3-7H2,1-2H3. The second-order valence-corrected chi connectivity index (χ2v) is 4.63. The van der Waals surface area contributed by atoms with Crippen molar-refractivity contribution in [3.05, 3.63) is 11.3 Å². The molecule has 0 saturated carbocycles. The maximum atomic E-state index is 10.7. The van der Waals surface area contributed by atoms with Crippen LogP contribution in [0.25, 0.3) is 0 Å². The summed E-state index contributed by atoms with van der Waals surface area (Å²) in [5, 5.41) is 0. The number of nitrogens with zero attached hydrogens (tertiary/aromatic N) is 2. The Kier molecular flexibility index (Phi) is 2.89. The minimum atomic E-state index is 0.558. The summed E-state index contributed by atoms with van der Waals surface area (Å²) in [4.78, 5) is 17.2. The summed E-state index contributed by atoms with van der Waals surface area (Å²) in [5.41, 5.74) is 3.95. The lowest BCUT2D eigenvalue weighted by atomic mass is 9.93. The molecular formula is C12H18N2O. The maximum absolute atomic E-state index is 10.7. The van der Waals surface area contributed by atoms with Crippen LogP contribution in [0.4, 0.5) is 0 Å². The molecule has 0 bridgehead atoms. The van der Waals surface area contributed by atoms with E-state index >= 15 is 0 Å². The normalized spacial score (nSPS) is 21.5. The topological polar surface area (TPSA) is 32.7 Å². The van der Waals surface area contributed by atoms with E-state index < -0.39 is 0 Å². The molecule has 1 amide bonds. The Morgan fingerprint density at radius 1 is 1.33 bits per heavy atom. The van der Waals surface area contributed by atoms with Gasteiger partial charge < -0.3 is 4.90 Å². The summed E-state index contributed by atoms with van der Waals surface area (Å²) in [6.07, 6.45) is 4.05. The minimum absolute atomic E-state index is 0.558. The van der Waals surface area contributed by atoms with Gasteiger partial charge in [-0.25, -0.2) is 0 Å². The zero-order valence-electron chi connectivity index (χ0n) is 9.49. The molecular weight excluding hydrogens is 188 g/mol. The van der Waals surface area contributed by atoms with Crippen LogP contribution in [0.1, 0.15) is 33.1 Å². The van der Waals surface area contributed by atoms with Crippen molar-refractivity contribution in [2.45, 2.75) is 33.1 Å². The van der Waals surface area contributed by atoms with E-state index in [-0.39, 0.29) is 0 Å². The van der Waals surface area contributed by atoms with Gasteiger partial charge in [0.2, 0.25) is 6.41 Å². The SMILES string of the molecule is CC(C)C1=NC2=C(CC1)CN(C=O)CC2. The highest BCUT2D eigenvalue weighted by Crippen LogP contribution is 2.28. The van der Waals surface area contributed by atoms with Crippen LogP contribution < -0.4 is 0 Å². The Labute approximate surface area is 90.9 Å². The largest absolute Gasteiger partial charge is 0.341 e. The second-order valence-electron chi connectivity index (χ2n) is 4.63. The number of aliphatic imine (C=N–C) groups is 1. The van der Waals surface area contributed by atoms with Gasteiger partial charge in [0.1, 0.15) is 0 Å². The van der Waals surface area contributed by atoms with Gasteiger partial charge in [0.25, 0.3) is 0 Å². The van der Waals surface area contributed by atoms with Crippen LogP contribution in [-0.4, -0.2) is 30.1 Å². The molecule has 0 unspecified atom stereocenters. The average molecular weight is 206 g/mol. The van der Waals surface area contributed by atoms with Gasteiger partial charge in [-0.15, -0.1) is 0 Å². The van der Waals surface area contributed by atoms with Crippen LogP contribution in [0, 0.1) is 5.92 Å². The number of hydrogen-bond donors (Lipinski definition) is 0. The lowest BCUT2D eigenvalue weighted by Gasteiger charge is -2.30. The van der Waals surface area contributed by atoms with E-state index in [9.17, 15) is 4.79 Å². The Balaban J connectivity index is 2.17. The van der Waals surface area contributed by atoms with Crippen LogP contribution >= 0.6 is 0 Å². The fourth-order valence-electron chi connectivity index (χ4n) is 2.22. The highest BCUT2D eigenvalue weighted by molar-refractivity contribution is 5.88. The molecule has 2 rings (SSSR count). The van der Waals surface area contributed by atoms with Crippen molar-refractivity contribution in [3.63, 3.8) is 0 Å². The molecule has 0 aromatic carbocycles. The second kappa shape index (κ2) is 4.17. The molecule has 0 aliphatic carbocycles. The van der Waals surface area contributed by atoms with Crippen LogP contribution in [0.3, 0.4) is 0 Å². The van der Waals surface area contributed by atoms with Crippen molar-refractivity contribution in [2.24, 2.45) is 10.9 Å². The molecule has 2 aliphatic rings.